The van der Waals surface area contributed by atoms with E-state index in [9.17, 15) is 13.6 Å². The maximum atomic E-state index is 13.6. The Labute approximate surface area is 150 Å². The van der Waals surface area contributed by atoms with E-state index in [0.29, 0.717) is 31.4 Å². The summed E-state index contributed by atoms with van der Waals surface area (Å²) in [6, 6.07) is 2.91. The lowest BCUT2D eigenvalue weighted by atomic mass is 10.2. The van der Waals surface area contributed by atoms with Crippen molar-refractivity contribution in [3.05, 3.63) is 41.2 Å². The fourth-order valence-corrected chi connectivity index (χ4v) is 2.94. The summed E-state index contributed by atoms with van der Waals surface area (Å²) in [6.07, 6.45) is 3.27. The number of hydrogen-bond donors (Lipinski definition) is 1. The molecule has 0 radical (unpaired) electrons. The lowest BCUT2D eigenvalue weighted by Crippen LogP contribution is -2.26. The standard InChI is InChI=1S/C17H22F2N4OS/c1-11(2)10-23-15(21-22-17(23)25-3)5-4-8-20-16(24)13-7-6-12(18)9-14(13)19/h6-7,9,11H,4-5,8,10H2,1-3H3,(H,20,24). The zero-order chi connectivity index (χ0) is 18.4. The molecule has 0 saturated heterocycles. The molecule has 0 aliphatic carbocycles. The second kappa shape index (κ2) is 8.94. The predicted molar refractivity (Wildman–Crippen MR) is 93.7 cm³/mol. The van der Waals surface area contributed by atoms with Gasteiger partial charge in [0.05, 0.1) is 5.56 Å². The molecule has 8 heteroatoms. The quantitative estimate of drug-likeness (QED) is 0.574. The van der Waals surface area contributed by atoms with Gasteiger partial charge in [-0.1, -0.05) is 25.6 Å². The molecule has 1 aromatic carbocycles. The molecule has 25 heavy (non-hydrogen) atoms. The lowest BCUT2D eigenvalue weighted by molar-refractivity contribution is 0.0949. The molecular weight excluding hydrogens is 346 g/mol. The van der Waals surface area contributed by atoms with Crippen molar-refractivity contribution in [3.63, 3.8) is 0 Å². The van der Waals surface area contributed by atoms with Crippen LogP contribution in [0.2, 0.25) is 0 Å². The average Bonchev–Trinajstić information content (AvgIpc) is 2.92. The summed E-state index contributed by atoms with van der Waals surface area (Å²) in [5.74, 6) is -0.769. The van der Waals surface area contributed by atoms with Gasteiger partial charge in [0.1, 0.15) is 17.5 Å². The molecule has 0 unspecified atom stereocenters. The molecule has 136 valence electrons. The minimum atomic E-state index is -0.862. The second-order valence-corrected chi connectivity index (χ2v) is 6.86. The van der Waals surface area contributed by atoms with Gasteiger partial charge in [-0.3, -0.25) is 4.79 Å². The third kappa shape index (κ3) is 5.26. The highest BCUT2D eigenvalue weighted by Gasteiger charge is 2.14. The van der Waals surface area contributed by atoms with E-state index in [1.54, 1.807) is 11.8 Å². The molecule has 2 rings (SSSR count). The van der Waals surface area contributed by atoms with Gasteiger partial charge in [-0.2, -0.15) is 0 Å². The number of aryl methyl sites for hydroxylation is 1. The number of amides is 1. The lowest BCUT2D eigenvalue weighted by Gasteiger charge is -2.12. The molecule has 0 fully saturated rings. The van der Waals surface area contributed by atoms with Crippen LogP contribution in [0, 0.1) is 17.6 Å². The molecule has 1 N–H and O–H groups in total. The zero-order valence-corrected chi connectivity index (χ0v) is 15.4. The van der Waals surface area contributed by atoms with Gasteiger partial charge in [0, 0.05) is 25.6 Å². The Morgan fingerprint density at radius 2 is 2.08 bits per heavy atom. The Kier molecular flexibility index (Phi) is 6.92. The normalized spacial score (nSPS) is 11.1. The fourth-order valence-electron chi connectivity index (χ4n) is 2.42. The number of aromatic nitrogens is 3. The number of thioether (sulfide) groups is 1. The molecule has 2 aromatic rings. The van der Waals surface area contributed by atoms with Gasteiger partial charge in [0.2, 0.25) is 0 Å². The summed E-state index contributed by atoms with van der Waals surface area (Å²) in [5.41, 5.74) is -0.158. The molecule has 0 aliphatic heterocycles. The highest BCUT2D eigenvalue weighted by molar-refractivity contribution is 7.98. The van der Waals surface area contributed by atoms with Crippen LogP contribution in [0.3, 0.4) is 0 Å². The van der Waals surface area contributed by atoms with Gasteiger partial charge < -0.3 is 9.88 Å². The van der Waals surface area contributed by atoms with E-state index < -0.39 is 17.5 Å². The van der Waals surface area contributed by atoms with Gasteiger partial charge in [-0.25, -0.2) is 8.78 Å². The van der Waals surface area contributed by atoms with Crippen LogP contribution in [0.15, 0.2) is 23.4 Å². The number of carbonyl (C=O) groups excluding carboxylic acids is 1. The van der Waals surface area contributed by atoms with E-state index in [-0.39, 0.29) is 5.56 Å². The van der Waals surface area contributed by atoms with Crippen molar-refractivity contribution < 1.29 is 13.6 Å². The van der Waals surface area contributed by atoms with Crippen molar-refractivity contribution in [1.29, 1.82) is 0 Å². The smallest absolute Gasteiger partial charge is 0.254 e. The van der Waals surface area contributed by atoms with Crippen molar-refractivity contribution in [3.8, 4) is 0 Å². The van der Waals surface area contributed by atoms with E-state index in [4.69, 9.17) is 0 Å². The van der Waals surface area contributed by atoms with Crippen LogP contribution in [-0.4, -0.2) is 33.5 Å². The molecule has 5 nitrogen and oxygen atoms in total. The zero-order valence-electron chi connectivity index (χ0n) is 14.6. The van der Waals surface area contributed by atoms with Gasteiger partial charge in [0.25, 0.3) is 5.91 Å². The molecule has 1 amide bonds. The summed E-state index contributed by atoms with van der Waals surface area (Å²) >= 11 is 1.55. The molecule has 0 atom stereocenters. The van der Waals surface area contributed by atoms with Crippen molar-refractivity contribution in [2.75, 3.05) is 12.8 Å². The monoisotopic (exact) mass is 368 g/mol. The minimum absolute atomic E-state index is 0.158. The van der Waals surface area contributed by atoms with Crippen LogP contribution in [-0.2, 0) is 13.0 Å². The van der Waals surface area contributed by atoms with Crippen LogP contribution in [0.4, 0.5) is 8.78 Å². The Hall–Kier alpha value is -1.96. The highest BCUT2D eigenvalue weighted by Crippen LogP contribution is 2.16. The van der Waals surface area contributed by atoms with Crippen molar-refractivity contribution in [2.45, 2.75) is 38.4 Å². The number of benzene rings is 1. The fraction of sp³-hybridized carbons (Fsp3) is 0.471. The first-order chi connectivity index (χ1) is 11.9. The van der Waals surface area contributed by atoms with E-state index in [2.05, 4.69) is 33.9 Å². The summed E-state index contributed by atoms with van der Waals surface area (Å²) in [7, 11) is 0. The highest BCUT2D eigenvalue weighted by atomic mass is 32.2. The van der Waals surface area contributed by atoms with Gasteiger partial charge in [-0.05, 0) is 30.7 Å². The molecule has 0 aliphatic rings. The number of nitrogens with zero attached hydrogens (tertiary/aromatic N) is 3. The Morgan fingerprint density at radius 1 is 1.32 bits per heavy atom. The number of carbonyl (C=O) groups is 1. The minimum Gasteiger partial charge on any atom is -0.352 e. The maximum Gasteiger partial charge on any atom is 0.254 e. The number of nitrogens with one attached hydrogen (secondary N) is 1. The predicted octanol–water partition coefficient (Wildman–Crippen LogP) is 3.30. The van der Waals surface area contributed by atoms with E-state index in [1.165, 1.54) is 0 Å². The van der Waals surface area contributed by atoms with Crippen LogP contribution >= 0.6 is 11.8 Å². The Bertz CT molecular complexity index is 733. The summed E-state index contributed by atoms with van der Waals surface area (Å²) in [6.45, 7) is 5.47. The molecule has 0 bridgehead atoms. The summed E-state index contributed by atoms with van der Waals surface area (Å²) in [4.78, 5) is 11.9. The number of halogens is 2. The molecular formula is C17H22F2N4OS. The van der Waals surface area contributed by atoms with Gasteiger partial charge in [-0.15, -0.1) is 10.2 Å². The first kappa shape index (κ1) is 19.4. The van der Waals surface area contributed by atoms with Crippen LogP contribution < -0.4 is 5.32 Å². The molecule has 1 heterocycles. The molecule has 1 aromatic heterocycles. The van der Waals surface area contributed by atoms with Crippen LogP contribution in [0.5, 0.6) is 0 Å². The average molecular weight is 368 g/mol. The number of rotatable bonds is 8. The first-order valence-electron chi connectivity index (χ1n) is 8.11. The molecule has 0 saturated carbocycles. The SMILES string of the molecule is CSc1nnc(CCCNC(=O)c2ccc(F)cc2F)n1CC(C)C. The summed E-state index contributed by atoms with van der Waals surface area (Å²) < 4.78 is 28.5. The maximum absolute atomic E-state index is 13.6. The van der Waals surface area contributed by atoms with E-state index >= 15 is 0 Å². The van der Waals surface area contributed by atoms with Crippen molar-refractivity contribution in [2.24, 2.45) is 5.92 Å². The Balaban J connectivity index is 1.89. The second-order valence-electron chi connectivity index (χ2n) is 6.09. The third-order valence-corrected chi connectivity index (χ3v) is 4.23. The van der Waals surface area contributed by atoms with Crippen molar-refractivity contribution in [1.82, 2.24) is 20.1 Å². The van der Waals surface area contributed by atoms with Crippen LogP contribution in [0.1, 0.15) is 36.5 Å². The van der Waals surface area contributed by atoms with E-state index in [0.717, 1.165) is 29.7 Å². The van der Waals surface area contributed by atoms with E-state index in [1.807, 2.05) is 6.26 Å². The Morgan fingerprint density at radius 3 is 2.72 bits per heavy atom. The number of hydrogen-bond acceptors (Lipinski definition) is 4. The van der Waals surface area contributed by atoms with Gasteiger partial charge in [0.15, 0.2) is 5.16 Å². The summed E-state index contributed by atoms with van der Waals surface area (Å²) in [5, 5.41) is 11.9. The largest absolute Gasteiger partial charge is 0.352 e. The third-order valence-electron chi connectivity index (χ3n) is 3.56. The van der Waals surface area contributed by atoms with Crippen molar-refractivity contribution >= 4 is 17.7 Å². The van der Waals surface area contributed by atoms with Gasteiger partial charge >= 0.3 is 0 Å². The molecule has 0 spiro atoms. The first-order valence-corrected chi connectivity index (χ1v) is 9.34. The van der Waals surface area contributed by atoms with Crippen LogP contribution in [0.25, 0.3) is 0 Å². The topological polar surface area (TPSA) is 59.8 Å².